The second kappa shape index (κ2) is 6.91. The van der Waals surface area contributed by atoms with E-state index in [0.29, 0.717) is 17.7 Å². The standard InChI is InChI=1S/C16H14N2O2S/c1-3-20-16(19)13-5-4-6-14(9-13)21-15-8-12(10-17)7-11(2)18-15/h4-9H,3H2,1-2H3. The van der Waals surface area contributed by atoms with Crippen molar-refractivity contribution >= 4 is 17.7 Å². The molecule has 0 N–H and O–H groups in total. The lowest BCUT2D eigenvalue weighted by atomic mass is 10.2. The van der Waals surface area contributed by atoms with Crippen LogP contribution < -0.4 is 0 Å². The van der Waals surface area contributed by atoms with Gasteiger partial charge in [-0.05, 0) is 44.2 Å². The zero-order chi connectivity index (χ0) is 15.2. The molecule has 0 saturated heterocycles. The molecule has 0 fully saturated rings. The summed E-state index contributed by atoms with van der Waals surface area (Å²) in [4.78, 5) is 17.0. The Morgan fingerprint density at radius 1 is 1.38 bits per heavy atom. The van der Waals surface area contributed by atoms with E-state index in [1.54, 1.807) is 37.3 Å². The molecule has 21 heavy (non-hydrogen) atoms. The van der Waals surface area contributed by atoms with Crippen molar-refractivity contribution in [2.45, 2.75) is 23.8 Å². The second-order valence-electron chi connectivity index (χ2n) is 4.30. The molecule has 0 amide bonds. The maximum Gasteiger partial charge on any atom is 0.338 e. The van der Waals surface area contributed by atoms with Gasteiger partial charge in [0.15, 0.2) is 0 Å². The smallest absolute Gasteiger partial charge is 0.338 e. The lowest BCUT2D eigenvalue weighted by molar-refractivity contribution is 0.0526. The molecule has 0 aliphatic rings. The maximum absolute atomic E-state index is 11.7. The fraction of sp³-hybridized carbons (Fsp3) is 0.188. The fourth-order valence-corrected chi connectivity index (χ4v) is 2.73. The van der Waals surface area contributed by atoms with Gasteiger partial charge in [0.2, 0.25) is 0 Å². The highest BCUT2D eigenvalue weighted by Gasteiger charge is 2.08. The molecule has 0 saturated carbocycles. The molecule has 1 heterocycles. The highest BCUT2D eigenvalue weighted by molar-refractivity contribution is 7.99. The van der Waals surface area contributed by atoms with E-state index in [9.17, 15) is 4.79 Å². The first-order valence-electron chi connectivity index (χ1n) is 6.46. The predicted octanol–water partition coefficient (Wildman–Crippen LogP) is 3.59. The van der Waals surface area contributed by atoms with Crippen molar-refractivity contribution in [3.63, 3.8) is 0 Å². The summed E-state index contributed by atoms with van der Waals surface area (Å²) in [6.07, 6.45) is 0. The summed E-state index contributed by atoms with van der Waals surface area (Å²) in [5, 5.41) is 9.71. The number of aryl methyl sites for hydroxylation is 1. The normalized spacial score (nSPS) is 9.95. The van der Waals surface area contributed by atoms with Crippen LogP contribution in [0.4, 0.5) is 0 Å². The molecule has 106 valence electrons. The number of ether oxygens (including phenoxy) is 1. The Balaban J connectivity index is 2.24. The van der Waals surface area contributed by atoms with Crippen LogP contribution in [-0.2, 0) is 4.74 Å². The quantitative estimate of drug-likeness (QED) is 0.807. The van der Waals surface area contributed by atoms with Crippen LogP contribution in [-0.4, -0.2) is 17.6 Å². The summed E-state index contributed by atoms with van der Waals surface area (Å²) in [6.45, 7) is 3.97. The molecule has 0 bridgehead atoms. The Hall–Kier alpha value is -2.32. The van der Waals surface area contributed by atoms with Crippen LogP contribution in [0.1, 0.15) is 28.5 Å². The average Bonchev–Trinajstić information content (AvgIpc) is 2.47. The van der Waals surface area contributed by atoms with Crippen LogP contribution in [0.5, 0.6) is 0 Å². The highest BCUT2D eigenvalue weighted by Crippen LogP contribution is 2.27. The van der Waals surface area contributed by atoms with Crippen molar-refractivity contribution in [2.75, 3.05) is 6.61 Å². The number of rotatable bonds is 4. The molecule has 0 spiro atoms. The molecule has 0 radical (unpaired) electrons. The van der Waals surface area contributed by atoms with E-state index in [1.165, 1.54) is 11.8 Å². The van der Waals surface area contributed by atoms with E-state index in [-0.39, 0.29) is 5.97 Å². The Labute approximate surface area is 127 Å². The molecule has 2 rings (SSSR count). The highest BCUT2D eigenvalue weighted by atomic mass is 32.2. The largest absolute Gasteiger partial charge is 0.462 e. The van der Waals surface area contributed by atoms with Crippen LogP contribution in [0.3, 0.4) is 0 Å². The van der Waals surface area contributed by atoms with Gasteiger partial charge >= 0.3 is 5.97 Å². The molecule has 0 aliphatic heterocycles. The molecule has 1 aromatic heterocycles. The first-order chi connectivity index (χ1) is 10.1. The van der Waals surface area contributed by atoms with E-state index in [1.807, 2.05) is 13.0 Å². The molecule has 0 unspecified atom stereocenters. The van der Waals surface area contributed by atoms with Gasteiger partial charge in [0.25, 0.3) is 0 Å². The molecular weight excluding hydrogens is 284 g/mol. The zero-order valence-electron chi connectivity index (χ0n) is 11.8. The Bertz CT molecular complexity index is 708. The van der Waals surface area contributed by atoms with Crippen LogP contribution >= 0.6 is 11.8 Å². The number of pyridine rings is 1. The molecule has 0 aliphatic carbocycles. The number of nitrogens with zero attached hydrogens (tertiary/aromatic N) is 2. The molecule has 4 nitrogen and oxygen atoms in total. The second-order valence-corrected chi connectivity index (χ2v) is 5.39. The van der Waals surface area contributed by atoms with E-state index >= 15 is 0 Å². The number of carbonyl (C=O) groups excluding carboxylic acids is 1. The van der Waals surface area contributed by atoms with Gasteiger partial charge in [0.05, 0.1) is 23.8 Å². The number of esters is 1. The minimum atomic E-state index is -0.338. The van der Waals surface area contributed by atoms with Gasteiger partial charge < -0.3 is 4.74 Å². The zero-order valence-corrected chi connectivity index (χ0v) is 12.6. The monoisotopic (exact) mass is 298 g/mol. The summed E-state index contributed by atoms with van der Waals surface area (Å²) >= 11 is 1.41. The topological polar surface area (TPSA) is 63.0 Å². The summed E-state index contributed by atoms with van der Waals surface area (Å²) in [5.41, 5.74) is 1.87. The van der Waals surface area contributed by atoms with Gasteiger partial charge in [-0.15, -0.1) is 0 Å². The third-order valence-electron chi connectivity index (χ3n) is 2.63. The van der Waals surface area contributed by atoms with Crippen LogP contribution in [0, 0.1) is 18.3 Å². The molecule has 5 heteroatoms. The Kier molecular flexibility index (Phi) is 4.96. The maximum atomic E-state index is 11.7. The minimum absolute atomic E-state index is 0.338. The third kappa shape index (κ3) is 4.07. The summed E-state index contributed by atoms with van der Waals surface area (Å²) in [5.74, 6) is -0.338. The van der Waals surface area contributed by atoms with Crippen molar-refractivity contribution in [1.29, 1.82) is 5.26 Å². The van der Waals surface area contributed by atoms with Crippen molar-refractivity contribution in [3.05, 3.63) is 53.2 Å². The van der Waals surface area contributed by atoms with Crippen LogP contribution in [0.2, 0.25) is 0 Å². The van der Waals surface area contributed by atoms with Gasteiger partial charge in [-0.25, -0.2) is 9.78 Å². The minimum Gasteiger partial charge on any atom is -0.462 e. The summed E-state index contributed by atoms with van der Waals surface area (Å²) in [7, 11) is 0. The predicted molar refractivity (Wildman–Crippen MR) is 80.2 cm³/mol. The summed E-state index contributed by atoms with van der Waals surface area (Å²) in [6, 6.07) is 12.7. The van der Waals surface area contributed by atoms with Crippen LogP contribution in [0.25, 0.3) is 0 Å². The van der Waals surface area contributed by atoms with Gasteiger partial charge in [-0.3, -0.25) is 0 Å². The number of hydrogen-bond donors (Lipinski definition) is 0. The fourth-order valence-electron chi connectivity index (χ4n) is 1.78. The van der Waals surface area contributed by atoms with Gasteiger partial charge in [0, 0.05) is 10.6 Å². The molecule has 0 atom stereocenters. The van der Waals surface area contributed by atoms with Gasteiger partial charge in [-0.1, -0.05) is 17.8 Å². The first-order valence-corrected chi connectivity index (χ1v) is 7.28. The van der Waals surface area contributed by atoms with Gasteiger partial charge in [-0.2, -0.15) is 5.26 Å². The first kappa shape index (κ1) is 15.1. The number of nitriles is 1. The van der Waals surface area contributed by atoms with E-state index in [4.69, 9.17) is 10.00 Å². The lowest BCUT2D eigenvalue weighted by Gasteiger charge is -2.05. The molecule has 2 aromatic rings. The number of hydrogen-bond acceptors (Lipinski definition) is 5. The van der Waals surface area contributed by atoms with E-state index in [0.717, 1.165) is 15.6 Å². The number of aromatic nitrogens is 1. The SMILES string of the molecule is CCOC(=O)c1cccc(Sc2cc(C#N)cc(C)n2)c1. The molecular formula is C16H14N2O2S. The van der Waals surface area contributed by atoms with Crippen molar-refractivity contribution in [2.24, 2.45) is 0 Å². The van der Waals surface area contributed by atoms with Crippen LogP contribution in [0.15, 0.2) is 46.3 Å². The third-order valence-corrected chi connectivity index (χ3v) is 3.53. The molecule has 1 aromatic carbocycles. The average molecular weight is 298 g/mol. The number of carbonyl (C=O) groups is 1. The Morgan fingerprint density at radius 3 is 2.90 bits per heavy atom. The van der Waals surface area contributed by atoms with Crippen molar-refractivity contribution in [3.8, 4) is 6.07 Å². The van der Waals surface area contributed by atoms with Crippen molar-refractivity contribution < 1.29 is 9.53 Å². The van der Waals surface area contributed by atoms with Crippen molar-refractivity contribution in [1.82, 2.24) is 4.98 Å². The van der Waals surface area contributed by atoms with E-state index < -0.39 is 0 Å². The Morgan fingerprint density at radius 2 is 2.19 bits per heavy atom. The van der Waals surface area contributed by atoms with E-state index in [2.05, 4.69) is 11.1 Å². The summed E-state index contributed by atoms with van der Waals surface area (Å²) < 4.78 is 4.98. The van der Waals surface area contributed by atoms with Gasteiger partial charge in [0.1, 0.15) is 5.03 Å². The number of benzene rings is 1. The lowest BCUT2D eigenvalue weighted by Crippen LogP contribution is -2.04.